The molecule has 3 heterocycles. The van der Waals surface area contributed by atoms with Gasteiger partial charge in [-0.3, -0.25) is 9.78 Å². The van der Waals surface area contributed by atoms with E-state index in [9.17, 15) is 4.79 Å². The number of nitrogens with one attached hydrogen (secondary N) is 1. The summed E-state index contributed by atoms with van der Waals surface area (Å²) in [5.74, 6) is 0.284. The summed E-state index contributed by atoms with van der Waals surface area (Å²) in [6, 6.07) is 15.9. The predicted octanol–water partition coefficient (Wildman–Crippen LogP) is 4.43. The van der Waals surface area contributed by atoms with Crippen molar-refractivity contribution in [2.45, 2.75) is 0 Å². The standard InChI is InChI=1S/C19H13ClN4O2/c20-13-3-5-15(6-4-13)24-17(18-2-1-11-26-18)12-16(23-24)19(25)22-14-7-9-21-10-8-14/h1-12H,(H,21,22,25). The van der Waals surface area contributed by atoms with E-state index in [2.05, 4.69) is 15.4 Å². The summed E-state index contributed by atoms with van der Waals surface area (Å²) in [6.07, 6.45) is 4.79. The van der Waals surface area contributed by atoms with Crippen LogP contribution in [0.1, 0.15) is 10.5 Å². The monoisotopic (exact) mass is 364 g/mol. The second kappa shape index (κ2) is 6.85. The zero-order chi connectivity index (χ0) is 17.9. The minimum atomic E-state index is -0.322. The maximum Gasteiger partial charge on any atom is 0.276 e. The number of carbonyl (C=O) groups excluding carboxylic acids is 1. The highest BCUT2D eigenvalue weighted by atomic mass is 35.5. The molecule has 4 aromatic rings. The maximum absolute atomic E-state index is 12.6. The average Bonchev–Trinajstić information content (AvgIpc) is 3.33. The minimum absolute atomic E-state index is 0.267. The third-order valence-corrected chi connectivity index (χ3v) is 3.98. The van der Waals surface area contributed by atoms with Crippen LogP contribution in [0.4, 0.5) is 5.69 Å². The lowest BCUT2D eigenvalue weighted by atomic mass is 10.2. The number of aromatic nitrogens is 3. The van der Waals surface area contributed by atoms with E-state index in [0.29, 0.717) is 22.2 Å². The van der Waals surface area contributed by atoms with Crippen molar-refractivity contribution in [3.8, 4) is 17.1 Å². The second-order valence-electron chi connectivity index (χ2n) is 5.47. The normalized spacial score (nSPS) is 10.7. The second-order valence-corrected chi connectivity index (χ2v) is 5.91. The van der Waals surface area contributed by atoms with Gasteiger partial charge in [0.05, 0.1) is 12.0 Å². The molecule has 4 rings (SSSR count). The van der Waals surface area contributed by atoms with E-state index in [-0.39, 0.29) is 11.6 Å². The van der Waals surface area contributed by atoms with Crippen molar-refractivity contribution in [3.05, 3.63) is 84.0 Å². The van der Waals surface area contributed by atoms with Crippen LogP contribution in [0.25, 0.3) is 17.1 Å². The van der Waals surface area contributed by atoms with Crippen molar-refractivity contribution in [3.63, 3.8) is 0 Å². The van der Waals surface area contributed by atoms with Gasteiger partial charge in [0.25, 0.3) is 5.91 Å². The van der Waals surface area contributed by atoms with Crippen molar-refractivity contribution in [1.82, 2.24) is 14.8 Å². The highest BCUT2D eigenvalue weighted by Gasteiger charge is 2.18. The number of hydrogen-bond donors (Lipinski definition) is 1. The summed E-state index contributed by atoms with van der Waals surface area (Å²) in [5.41, 5.74) is 2.34. The van der Waals surface area contributed by atoms with Gasteiger partial charge in [0.15, 0.2) is 11.5 Å². The SMILES string of the molecule is O=C(Nc1ccncc1)c1cc(-c2ccco2)n(-c2ccc(Cl)cc2)n1. The van der Waals surface area contributed by atoms with E-state index in [1.165, 1.54) is 0 Å². The van der Waals surface area contributed by atoms with Gasteiger partial charge in [-0.05, 0) is 48.5 Å². The van der Waals surface area contributed by atoms with Crippen LogP contribution in [0.2, 0.25) is 5.02 Å². The fourth-order valence-electron chi connectivity index (χ4n) is 2.50. The fourth-order valence-corrected chi connectivity index (χ4v) is 2.63. The van der Waals surface area contributed by atoms with Crippen LogP contribution in [0.3, 0.4) is 0 Å². The topological polar surface area (TPSA) is 73.0 Å². The Kier molecular flexibility index (Phi) is 4.25. The highest BCUT2D eigenvalue weighted by Crippen LogP contribution is 2.25. The van der Waals surface area contributed by atoms with Gasteiger partial charge in [-0.1, -0.05) is 11.6 Å². The van der Waals surface area contributed by atoms with Crippen molar-refractivity contribution in [1.29, 1.82) is 0 Å². The molecule has 1 N–H and O–H groups in total. The summed E-state index contributed by atoms with van der Waals surface area (Å²) in [7, 11) is 0. The van der Waals surface area contributed by atoms with Gasteiger partial charge in [-0.25, -0.2) is 4.68 Å². The highest BCUT2D eigenvalue weighted by molar-refractivity contribution is 6.30. The molecular weight excluding hydrogens is 352 g/mol. The number of hydrogen-bond acceptors (Lipinski definition) is 4. The Balaban J connectivity index is 1.74. The number of nitrogens with zero attached hydrogens (tertiary/aromatic N) is 3. The van der Waals surface area contributed by atoms with Crippen LogP contribution in [0, 0.1) is 0 Å². The molecular formula is C19H13ClN4O2. The van der Waals surface area contributed by atoms with Crippen molar-refractivity contribution < 1.29 is 9.21 Å². The molecule has 1 amide bonds. The number of carbonyl (C=O) groups is 1. The summed E-state index contributed by atoms with van der Waals surface area (Å²) in [4.78, 5) is 16.5. The summed E-state index contributed by atoms with van der Waals surface area (Å²) >= 11 is 5.97. The molecule has 0 atom stereocenters. The lowest BCUT2D eigenvalue weighted by Gasteiger charge is -2.05. The van der Waals surface area contributed by atoms with Crippen LogP contribution in [-0.4, -0.2) is 20.7 Å². The Morgan fingerprint density at radius 3 is 2.54 bits per heavy atom. The minimum Gasteiger partial charge on any atom is -0.463 e. The number of amides is 1. The molecule has 0 aliphatic heterocycles. The molecule has 0 bridgehead atoms. The number of rotatable bonds is 4. The van der Waals surface area contributed by atoms with Gasteiger partial charge >= 0.3 is 0 Å². The molecule has 7 heteroatoms. The first-order valence-corrected chi connectivity index (χ1v) is 8.20. The van der Waals surface area contributed by atoms with Gasteiger partial charge in [0.1, 0.15) is 5.69 Å². The van der Waals surface area contributed by atoms with E-state index in [1.807, 2.05) is 18.2 Å². The van der Waals surface area contributed by atoms with E-state index in [0.717, 1.165) is 5.69 Å². The molecule has 0 unspecified atom stereocenters. The Hall–Kier alpha value is -3.38. The molecule has 0 saturated heterocycles. The number of benzene rings is 1. The Morgan fingerprint density at radius 1 is 1.08 bits per heavy atom. The first-order valence-electron chi connectivity index (χ1n) is 7.82. The number of halogens is 1. The van der Waals surface area contributed by atoms with Crippen LogP contribution >= 0.6 is 11.6 Å². The Labute approximate surface area is 154 Å². The average molecular weight is 365 g/mol. The Morgan fingerprint density at radius 2 is 1.85 bits per heavy atom. The quantitative estimate of drug-likeness (QED) is 0.581. The van der Waals surface area contributed by atoms with Gasteiger partial charge in [-0.15, -0.1) is 0 Å². The van der Waals surface area contributed by atoms with Gasteiger partial charge < -0.3 is 9.73 Å². The van der Waals surface area contributed by atoms with Gasteiger partial charge in [-0.2, -0.15) is 5.10 Å². The van der Waals surface area contributed by atoms with Crippen LogP contribution in [-0.2, 0) is 0 Å². The molecule has 0 spiro atoms. The molecule has 3 aromatic heterocycles. The lowest BCUT2D eigenvalue weighted by Crippen LogP contribution is -2.13. The fraction of sp³-hybridized carbons (Fsp3) is 0. The van der Waals surface area contributed by atoms with Crippen LogP contribution in [0.5, 0.6) is 0 Å². The molecule has 0 radical (unpaired) electrons. The molecule has 0 aliphatic rings. The van der Waals surface area contributed by atoms with Crippen LogP contribution < -0.4 is 5.32 Å². The molecule has 26 heavy (non-hydrogen) atoms. The summed E-state index contributed by atoms with van der Waals surface area (Å²) in [5, 5.41) is 7.87. The molecule has 0 fully saturated rings. The number of furan rings is 1. The third-order valence-electron chi connectivity index (χ3n) is 3.73. The maximum atomic E-state index is 12.6. The van der Waals surface area contributed by atoms with Gasteiger partial charge in [0.2, 0.25) is 0 Å². The van der Waals surface area contributed by atoms with Gasteiger partial charge in [0, 0.05) is 29.2 Å². The smallest absolute Gasteiger partial charge is 0.276 e. The third kappa shape index (κ3) is 3.22. The molecule has 6 nitrogen and oxygen atoms in total. The number of anilines is 1. The van der Waals surface area contributed by atoms with Crippen molar-refractivity contribution >= 4 is 23.2 Å². The first-order chi connectivity index (χ1) is 12.7. The van der Waals surface area contributed by atoms with Crippen LogP contribution in [0.15, 0.2) is 77.7 Å². The molecule has 128 valence electrons. The van der Waals surface area contributed by atoms with E-state index >= 15 is 0 Å². The summed E-state index contributed by atoms with van der Waals surface area (Å²) < 4.78 is 7.14. The first kappa shape index (κ1) is 16.1. The van der Waals surface area contributed by atoms with Crippen molar-refractivity contribution in [2.75, 3.05) is 5.32 Å². The Bertz CT molecular complexity index is 1030. The predicted molar refractivity (Wildman–Crippen MR) is 98.5 cm³/mol. The zero-order valence-electron chi connectivity index (χ0n) is 13.5. The van der Waals surface area contributed by atoms with E-state index < -0.39 is 0 Å². The molecule has 0 aliphatic carbocycles. The number of pyridine rings is 1. The molecule has 0 saturated carbocycles. The largest absolute Gasteiger partial charge is 0.463 e. The van der Waals surface area contributed by atoms with Crippen molar-refractivity contribution in [2.24, 2.45) is 0 Å². The van der Waals surface area contributed by atoms with E-state index in [1.54, 1.807) is 59.7 Å². The van der Waals surface area contributed by atoms with E-state index in [4.69, 9.17) is 16.0 Å². The summed E-state index contributed by atoms with van der Waals surface area (Å²) in [6.45, 7) is 0. The zero-order valence-corrected chi connectivity index (χ0v) is 14.2. The lowest BCUT2D eigenvalue weighted by molar-refractivity contribution is 0.102. The molecule has 1 aromatic carbocycles.